The predicted molar refractivity (Wildman–Crippen MR) is 99.6 cm³/mol. The third-order valence-corrected chi connectivity index (χ3v) is 3.59. The molecule has 23 heavy (non-hydrogen) atoms. The lowest BCUT2D eigenvalue weighted by Gasteiger charge is -2.25. The molecule has 0 radical (unpaired) electrons. The minimum Gasteiger partial charge on any atom is -0.380 e. The minimum absolute atomic E-state index is 0. The highest BCUT2D eigenvalue weighted by atomic mass is 35.5. The number of amides is 1. The van der Waals surface area contributed by atoms with Crippen LogP contribution in [0, 0.1) is 6.92 Å². The quantitative estimate of drug-likeness (QED) is 0.738. The number of halogens is 2. The summed E-state index contributed by atoms with van der Waals surface area (Å²) in [7, 11) is 5.59. The molecule has 5 nitrogen and oxygen atoms in total. The number of carbonyl (C=O) groups is 1. The Hall–Kier alpha value is -0.850. The van der Waals surface area contributed by atoms with Gasteiger partial charge in [0, 0.05) is 20.2 Å². The van der Waals surface area contributed by atoms with Gasteiger partial charge in [0.25, 0.3) is 0 Å². The summed E-state index contributed by atoms with van der Waals surface area (Å²) >= 11 is 0. The van der Waals surface area contributed by atoms with Crippen LogP contribution in [0.5, 0.6) is 0 Å². The Morgan fingerprint density at radius 1 is 1.26 bits per heavy atom. The van der Waals surface area contributed by atoms with Crippen LogP contribution in [0.15, 0.2) is 24.3 Å². The van der Waals surface area contributed by atoms with Crippen molar-refractivity contribution in [2.24, 2.45) is 5.73 Å². The molecular formula is C16H29Cl2N3O2. The van der Waals surface area contributed by atoms with E-state index < -0.39 is 0 Å². The van der Waals surface area contributed by atoms with Crippen LogP contribution in [0.1, 0.15) is 23.6 Å². The summed E-state index contributed by atoms with van der Waals surface area (Å²) in [5, 5.41) is 2.96. The van der Waals surface area contributed by atoms with Crippen LogP contribution in [0.25, 0.3) is 0 Å². The monoisotopic (exact) mass is 365 g/mol. The van der Waals surface area contributed by atoms with Gasteiger partial charge >= 0.3 is 0 Å². The molecule has 0 aliphatic carbocycles. The number of hydrogen-bond donors (Lipinski definition) is 2. The van der Waals surface area contributed by atoms with Crippen molar-refractivity contribution in [3.8, 4) is 0 Å². The van der Waals surface area contributed by atoms with Crippen LogP contribution in [-0.4, -0.2) is 51.2 Å². The van der Waals surface area contributed by atoms with Crippen molar-refractivity contribution in [3.05, 3.63) is 35.4 Å². The highest BCUT2D eigenvalue weighted by Crippen LogP contribution is 2.17. The number of likely N-dealkylation sites (N-methyl/N-ethyl adjacent to an activating group) is 1. The molecule has 1 aromatic rings. The van der Waals surface area contributed by atoms with Gasteiger partial charge in [-0.2, -0.15) is 0 Å². The van der Waals surface area contributed by atoms with Crippen molar-refractivity contribution in [3.63, 3.8) is 0 Å². The molecule has 7 heteroatoms. The molecule has 0 bridgehead atoms. The van der Waals surface area contributed by atoms with Crippen LogP contribution in [0.2, 0.25) is 0 Å². The average molecular weight is 366 g/mol. The lowest BCUT2D eigenvalue weighted by molar-refractivity contribution is -0.123. The molecule has 1 rings (SSSR count). The zero-order valence-electron chi connectivity index (χ0n) is 14.2. The van der Waals surface area contributed by atoms with Gasteiger partial charge in [0.2, 0.25) is 5.91 Å². The first kappa shape index (κ1) is 24.4. The summed E-state index contributed by atoms with van der Waals surface area (Å²) < 4.78 is 5.13. The summed E-state index contributed by atoms with van der Waals surface area (Å²) in [5.41, 5.74) is 7.94. The summed E-state index contributed by atoms with van der Waals surface area (Å²) in [6.07, 6.45) is 0.0725. The number of nitrogens with one attached hydrogen (secondary N) is 1. The maximum atomic E-state index is 11.9. The molecule has 134 valence electrons. The zero-order chi connectivity index (χ0) is 15.8. The van der Waals surface area contributed by atoms with Crippen molar-refractivity contribution in [2.45, 2.75) is 25.5 Å². The maximum Gasteiger partial charge on any atom is 0.222 e. The normalized spacial score (nSPS) is 12.8. The largest absolute Gasteiger partial charge is 0.380 e. The van der Waals surface area contributed by atoms with Gasteiger partial charge in [-0.15, -0.1) is 24.8 Å². The third-order valence-electron chi connectivity index (χ3n) is 3.59. The molecule has 0 aliphatic rings. The SMILES string of the molecule is COC(CN)CC(=O)NCC(c1ccc(C)cc1)N(C)C.Cl.Cl. The summed E-state index contributed by atoms with van der Waals surface area (Å²) in [6, 6.07) is 8.52. The van der Waals surface area contributed by atoms with Gasteiger partial charge in [0.1, 0.15) is 0 Å². The summed E-state index contributed by atoms with van der Waals surface area (Å²) in [6.45, 7) is 2.98. The standard InChI is InChI=1S/C16H27N3O2.2ClH/c1-12-5-7-13(8-6-12)15(19(2)3)11-18-16(20)9-14(10-17)21-4;;/h5-8,14-15H,9-11,17H2,1-4H3,(H,18,20);2*1H. The van der Waals surface area contributed by atoms with Gasteiger partial charge < -0.3 is 20.7 Å². The number of ether oxygens (including phenoxy) is 1. The average Bonchev–Trinajstić information content (AvgIpc) is 2.46. The Labute approximate surface area is 151 Å². The first-order valence-electron chi connectivity index (χ1n) is 7.20. The minimum atomic E-state index is -0.220. The number of hydrogen-bond acceptors (Lipinski definition) is 4. The van der Waals surface area contributed by atoms with Crippen LogP contribution in [-0.2, 0) is 9.53 Å². The second kappa shape index (κ2) is 12.6. The van der Waals surface area contributed by atoms with E-state index in [-0.39, 0.29) is 42.9 Å². The topological polar surface area (TPSA) is 67.6 Å². The fourth-order valence-corrected chi connectivity index (χ4v) is 2.14. The van der Waals surface area contributed by atoms with Gasteiger partial charge in [-0.1, -0.05) is 29.8 Å². The number of benzene rings is 1. The van der Waals surface area contributed by atoms with Gasteiger partial charge in [0.15, 0.2) is 0 Å². The molecule has 1 aromatic carbocycles. The molecule has 0 saturated carbocycles. The molecule has 0 saturated heterocycles. The summed E-state index contributed by atoms with van der Waals surface area (Å²) in [4.78, 5) is 14.0. The Morgan fingerprint density at radius 3 is 2.26 bits per heavy atom. The van der Waals surface area contributed by atoms with E-state index in [0.29, 0.717) is 19.5 Å². The van der Waals surface area contributed by atoms with Crippen molar-refractivity contribution in [1.29, 1.82) is 0 Å². The van der Waals surface area contributed by atoms with Crippen LogP contribution in [0.3, 0.4) is 0 Å². The van der Waals surface area contributed by atoms with Crippen molar-refractivity contribution in [2.75, 3.05) is 34.3 Å². The Kier molecular flexibility index (Phi) is 13.3. The van der Waals surface area contributed by atoms with E-state index in [1.165, 1.54) is 11.1 Å². The Bertz CT molecular complexity index is 437. The number of methoxy groups -OCH3 is 1. The number of nitrogens with two attached hydrogens (primary N) is 1. The Balaban J connectivity index is 0. The number of rotatable bonds is 8. The van der Waals surface area contributed by atoms with Crippen LogP contribution >= 0.6 is 24.8 Å². The third kappa shape index (κ3) is 8.53. The molecule has 1 amide bonds. The van der Waals surface area contributed by atoms with E-state index in [1.807, 2.05) is 14.1 Å². The van der Waals surface area contributed by atoms with Crippen molar-refractivity contribution in [1.82, 2.24) is 10.2 Å². The second-order valence-electron chi connectivity index (χ2n) is 5.49. The van der Waals surface area contributed by atoms with Crippen molar-refractivity contribution >= 4 is 30.7 Å². The highest BCUT2D eigenvalue weighted by molar-refractivity contribution is 5.85. The van der Waals surface area contributed by atoms with E-state index in [4.69, 9.17) is 10.5 Å². The molecule has 0 heterocycles. The highest BCUT2D eigenvalue weighted by Gasteiger charge is 2.17. The van der Waals surface area contributed by atoms with Gasteiger partial charge in [-0.3, -0.25) is 4.79 Å². The first-order valence-corrected chi connectivity index (χ1v) is 7.20. The van der Waals surface area contributed by atoms with E-state index in [0.717, 1.165) is 0 Å². The molecule has 0 aliphatic heterocycles. The second-order valence-corrected chi connectivity index (χ2v) is 5.49. The molecule has 2 atom stereocenters. The van der Waals surface area contributed by atoms with Crippen molar-refractivity contribution < 1.29 is 9.53 Å². The Morgan fingerprint density at radius 2 is 1.83 bits per heavy atom. The molecule has 3 N–H and O–H groups in total. The van der Waals surface area contributed by atoms with E-state index in [9.17, 15) is 4.79 Å². The van der Waals surface area contributed by atoms with E-state index >= 15 is 0 Å². The maximum absolute atomic E-state index is 11.9. The number of carbonyl (C=O) groups excluding carboxylic acids is 1. The fraction of sp³-hybridized carbons (Fsp3) is 0.562. The van der Waals surface area contributed by atoms with Gasteiger partial charge in [-0.25, -0.2) is 0 Å². The number of aryl methyl sites for hydroxylation is 1. The zero-order valence-corrected chi connectivity index (χ0v) is 15.9. The molecule has 0 spiro atoms. The molecule has 0 fully saturated rings. The lowest BCUT2D eigenvalue weighted by Crippen LogP contribution is -2.37. The van der Waals surface area contributed by atoms with Gasteiger partial charge in [0.05, 0.1) is 18.6 Å². The van der Waals surface area contributed by atoms with Gasteiger partial charge in [-0.05, 0) is 26.6 Å². The fourth-order valence-electron chi connectivity index (χ4n) is 2.14. The number of nitrogens with zero attached hydrogens (tertiary/aromatic N) is 1. The molecule has 0 aromatic heterocycles. The van der Waals surface area contributed by atoms with E-state index in [1.54, 1.807) is 7.11 Å². The van der Waals surface area contributed by atoms with E-state index in [2.05, 4.69) is 41.4 Å². The smallest absolute Gasteiger partial charge is 0.222 e. The lowest BCUT2D eigenvalue weighted by atomic mass is 10.0. The molecular weight excluding hydrogens is 337 g/mol. The van der Waals surface area contributed by atoms with Crippen LogP contribution < -0.4 is 11.1 Å². The van der Waals surface area contributed by atoms with Crippen LogP contribution in [0.4, 0.5) is 0 Å². The molecule has 2 unspecified atom stereocenters. The first-order chi connectivity index (χ1) is 9.97. The predicted octanol–water partition coefficient (Wildman–Crippen LogP) is 1.92. The summed E-state index contributed by atoms with van der Waals surface area (Å²) in [5.74, 6) is -0.0359.